The summed E-state index contributed by atoms with van der Waals surface area (Å²) in [4.78, 5) is 48.9. The lowest BCUT2D eigenvalue weighted by molar-refractivity contribution is -0.192. The molecule has 12 heteroatoms. The summed E-state index contributed by atoms with van der Waals surface area (Å²) in [5, 5.41) is 7.61. The molecule has 0 radical (unpaired) electrons. The summed E-state index contributed by atoms with van der Waals surface area (Å²) >= 11 is 0. The average Bonchev–Trinajstić information content (AvgIpc) is 2.79. The number of carboxylic acids is 1. The zero-order valence-corrected chi connectivity index (χ0v) is 17.5. The van der Waals surface area contributed by atoms with Gasteiger partial charge in [-0.25, -0.2) is 9.78 Å². The molecule has 1 aromatic carbocycles. The average molecular weight is 463 g/mol. The Morgan fingerprint density at radius 3 is 2.33 bits per heavy atom. The van der Waals surface area contributed by atoms with Crippen molar-refractivity contribution in [2.24, 2.45) is 0 Å². The molecule has 1 fully saturated rings. The number of H-pyrrole nitrogens is 1. The minimum atomic E-state index is -5.08. The predicted octanol–water partition coefficient (Wildman–Crippen LogP) is 2.22. The molecule has 1 aliphatic heterocycles. The molecule has 0 unspecified atom stereocenters. The van der Waals surface area contributed by atoms with Crippen molar-refractivity contribution < 1.29 is 27.9 Å². The van der Waals surface area contributed by atoms with E-state index in [9.17, 15) is 22.8 Å². The number of fused-ring (bicyclic) bond motifs is 1. The van der Waals surface area contributed by atoms with Gasteiger partial charge in [-0.1, -0.05) is 12.1 Å². The summed E-state index contributed by atoms with van der Waals surface area (Å²) in [5.41, 5.74) is 2.51. The van der Waals surface area contributed by atoms with Crippen LogP contribution in [0.3, 0.4) is 0 Å². The van der Waals surface area contributed by atoms with Gasteiger partial charge in [-0.15, -0.1) is 0 Å². The number of carbonyl (C=O) groups excluding carboxylic acids is 1. The molecule has 1 amide bonds. The second-order valence-electron chi connectivity index (χ2n) is 7.18. The maximum absolute atomic E-state index is 12.8. The van der Waals surface area contributed by atoms with Crippen LogP contribution in [0.4, 0.5) is 18.9 Å². The molecule has 9 nitrogen and oxygen atoms in total. The number of amides is 1. The first-order valence-electron chi connectivity index (χ1n) is 9.82. The Kier molecular flexibility index (Phi) is 6.95. The number of rotatable bonds is 2. The SMILES string of the molecule is Cc1cnccc1N1CCN(C(=O)c2nc3ccccc3c(=O)[nH]2)CC1.O=C(O)C(F)(F)F. The van der Waals surface area contributed by atoms with Gasteiger partial charge in [0.15, 0.2) is 5.82 Å². The van der Waals surface area contributed by atoms with Gasteiger partial charge in [0, 0.05) is 44.3 Å². The Hall–Kier alpha value is -3.96. The maximum atomic E-state index is 12.8. The second kappa shape index (κ2) is 9.67. The molecule has 0 saturated carbocycles. The molecule has 3 aromatic rings. The molecule has 3 heterocycles. The molecule has 1 saturated heterocycles. The fraction of sp³-hybridized carbons (Fsp3) is 0.286. The standard InChI is InChI=1S/C19H19N5O2.C2HF3O2/c1-13-12-20-7-6-16(13)23-8-10-24(11-9-23)19(26)17-21-15-5-3-2-4-14(15)18(25)22-17;3-2(4,5)1(6)7/h2-7,12H,8-11H2,1H3,(H,21,22,25);(H,6,7). The van der Waals surface area contributed by atoms with Crippen LogP contribution in [-0.4, -0.2) is 69.2 Å². The Balaban J connectivity index is 0.000000383. The van der Waals surface area contributed by atoms with Crippen LogP contribution < -0.4 is 10.5 Å². The topological polar surface area (TPSA) is 119 Å². The number of carbonyl (C=O) groups is 2. The first-order chi connectivity index (χ1) is 15.6. The molecule has 1 aliphatic rings. The predicted molar refractivity (Wildman–Crippen MR) is 113 cm³/mol. The summed E-state index contributed by atoms with van der Waals surface area (Å²) in [6, 6.07) is 9.02. The Morgan fingerprint density at radius 2 is 1.73 bits per heavy atom. The van der Waals surface area contributed by atoms with E-state index in [-0.39, 0.29) is 17.3 Å². The van der Waals surface area contributed by atoms with Crippen molar-refractivity contribution in [1.29, 1.82) is 0 Å². The van der Waals surface area contributed by atoms with Crippen molar-refractivity contribution in [3.05, 3.63) is 64.5 Å². The van der Waals surface area contributed by atoms with Gasteiger partial charge in [-0.3, -0.25) is 14.6 Å². The van der Waals surface area contributed by atoms with E-state index >= 15 is 0 Å². The van der Waals surface area contributed by atoms with Crippen molar-refractivity contribution >= 4 is 28.5 Å². The second-order valence-corrected chi connectivity index (χ2v) is 7.18. The third kappa shape index (κ3) is 5.64. The van der Waals surface area contributed by atoms with Crippen molar-refractivity contribution in [1.82, 2.24) is 19.9 Å². The van der Waals surface area contributed by atoms with Gasteiger partial charge in [0.25, 0.3) is 11.5 Å². The zero-order chi connectivity index (χ0) is 24.2. The maximum Gasteiger partial charge on any atom is 0.490 e. The number of nitrogens with zero attached hydrogens (tertiary/aromatic N) is 4. The summed E-state index contributed by atoms with van der Waals surface area (Å²) in [6.45, 7) is 4.65. The molecule has 4 rings (SSSR count). The minimum Gasteiger partial charge on any atom is -0.475 e. The zero-order valence-electron chi connectivity index (χ0n) is 17.5. The number of pyridine rings is 1. The number of carboxylic acid groups (broad SMARTS) is 1. The number of para-hydroxylation sites is 1. The van der Waals surface area contributed by atoms with E-state index in [4.69, 9.17) is 9.90 Å². The number of aliphatic carboxylic acids is 1. The molecule has 0 aliphatic carbocycles. The lowest BCUT2D eigenvalue weighted by atomic mass is 10.2. The number of aromatic nitrogens is 3. The van der Waals surface area contributed by atoms with E-state index < -0.39 is 12.1 Å². The van der Waals surface area contributed by atoms with Crippen LogP contribution in [0.1, 0.15) is 16.2 Å². The van der Waals surface area contributed by atoms with Gasteiger partial charge < -0.3 is 19.9 Å². The van der Waals surface area contributed by atoms with Crippen LogP contribution in [0.5, 0.6) is 0 Å². The fourth-order valence-electron chi connectivity index (χ4n) is 3.31. The number of anilines is 1. The van der Waals surface area contributed by atoms with E-state index in [1.807, 2.05) is 19.2 Å². The highest BCUT2D eigenvalue weighted by Crippen LogP contribution is 2.20. The molecule has 0 bridgehead atoms. The van der Waals surface area contributed by atoms with Crippen LogP contribution >= 0.6 is 0 Å². The van der Waals surface area contributed by atoms with Crippen molar-refractivity contribution in [3.8, 4) is 0 Å². The highest BCUT2D eigenvalue weighted by Gasteiger charge is 2.38. The number of nitrogens with one attached hydrogen (secondary N) is 1. The van der Waals surface area contributed by atoms with Crippen LogP contribution in [-0.2, 0) is 4.79 Å². The number of hydrogen-bond donors (Lipinski definition) is 2. The highest BCUT2D eigenvalue weighted by atomic mass is 19.4. The van der Waals surface area contributed by atoms with Crippen molar-refractivity contribution in [2.45, 2.75) is 13.1 Å². The smallest absolute Gasteiger partial charge is 0.475 e. The van der Waals surface area contributed by atoms with Gasteiger partial charge in [0.1, 0.15) is 0 Å². The number of piperazine rings is 1. The molecule has 174 valence electrons. The molecule has 2 aromatic heterocycles. The summed E-state index contributed by atoms with van der Waals surface area (Å²) in [5.74, 6) is -2.89. The molecule has 33 heavy (non-hydrogen) atoms. The number of alkyl halides is 3. The van der Waals surface area contributed by atoms with Crippen LogP contribution in [0, 0.1) is 6.92 Å². The Morgan fingerprint density at radius 1 is 1.09 bits per heavy atom. The van der Waals surface area contributed by atoms with Crippen LogP contribution in [0.25, 0.3) is 10.9 Å². The number of benzene rings is 1. The largest absolute Gasteiger partial charge is 0.490 e. The van der Waals surface area contributed by atoms with E-state index in [2.05, 4.69) is 19.9 Å². The summed E-state index contributed by atoms with van der Waals surface area (Å²) in [7, 11) is 0. The molecular weight excluding hydrogens is 443 g/mol. The Labute approximate surface area is 185 Å². The number of halogens is 3. The molecule has 0 atom stereocenters. The van der Waals surface area contributed by atoms with Gasteiger partial charge in [0.05, 0.1) is 10.9 Å². The summed E-state index contributed by atoms with van der Waals surface area (Å²) < 4.78 is 31.7. The van der Waals surface area contributed by atoms with Crippen LogP contribution in [0.2, 0.25) is 0 Å². The van der Waals surface area contributed by atoms with Gasteiger partial charge in [-0.2, -0.15) is 13.2 Å². The highest BCUT2D eigenvalue weighted by molar-refractivity contribution is 5.92. The Bertz CT molecular complexity index is 1220. The molecule has 0 spiro atoms. The number of aromatic amines is 1. The monoisotopic (exact) mass is 463 g/mol. The minimum absolute atomic E-state index is 0.0993. The van der Waals surface area contributed by atoms with E-state index in [0.717, 1.165) is 24.3 Å². The van der Waals surface area contributed by atoms with Gasteiger partial charge >= 0.3 is 12.1 Å². The van der Waals surface area contributed by atoms with Crippen molar-refractivity contribution in [2.75, 3.05) is 31.1 Å². The first kappa shape index (κ1) is 23.7. The van der Waals surface area contributed by atoms with E-state index in [1.165, 1.54) is 0 Å². The van der Waals surface area contributed by atoms with E-state index in [0.29, 0.717) is 24.0 Å². The van der Waals surface area contributed by atoms with Gasteiger partial charge in [-0.05, 0) is 30.7 Å². The van der Waals surface area contributed by atoms with Gasteiger partial charge in [0.2, 0.25) is 0 Å². The lowest BCUT2D eigenvalue weighted by Gasteiger charge is -2.36. The fourth-order valence-corrected chi connectivity index (χ4v) is 3.31. The third-order valence-electron chi connectivity index (χ3n) is 4.96. The molecule has 2 N–H and O–H groups in total. The normalized spacial score (nSPS) is 13.9. The summed E-state index contributed by atoms with van der Waals surface area (Å²) in [6.07, 6.45) is -1.46. The number of aryl methyl sites for hydroxylation is 1. The third-order valence-corrected chi connectivity index (χ3v) is 4.96. The van der Waals surface area contributed by atoms with Crippen LogP contribution in [0.15, 0.2) is 47.5 Å². The first-order valence-corrected chi connectivity index (χ1v) is 9.82. The quantitative estimate of drug-likeness (QED) is 0.598. The van der Waals surface area contributed by atoms with E-state index in [1.54, 1.807) is 35.4 Å². The van der Waals surface area contributed by atoms with Crippen molar-refractivity contribution in [3.63, 3.8) is 0 Å². The number of hydrogen-bond acceptors (Lipinski definition) is 6. The lowest BCUT2D eigenvalue weighted by Crippen LogP contribution is -2.49. The molecular formula is C21H20F3N5O4.